The van der Waals surface area contributed by atoms with E-state index in [-0.39, 0.29) is 23.2 Å². The summed E-state index contributed by atoms with van der Waals surface area (Å²) in [6, 6.07) is 0. The van der Waals surface area contributed by atoms with Gasteiger partial charge in [-0.2, -0.15) is 0 Å². The molecule has 0 aliphatic heterocycles. The molecular formula is C15H21ClN2O3. The van der Waals surface area contributed by atoms with E-state index in [1.54, 1.807) is 0 Å². The molecule has 3 rings (SSSR count). The van der Waals surface area contributed by atoms with Crippen molar-refractivity contribution in [3.63, 3.8) is 0 Å². The van der Waals surface area contributed by atoms with Gasteiger partial charge in [-0.25, -0.2) is 4.79 Å². The smallest absolute Gasteiger partial charge is 0.329 e. The van der Waals surface area contributed by atoms with Crippen LogP contribution in [0.4, 0.5) is 0 Å². The monoisotopic (exact) mass is 312 g/mol. The Kier molecular flexibility index (Phi) is 4.50. The first-order valence-corrected chi connectivity index (χ1v) is 8.15. The largest absolute Gasteiger partial charge is 0.379 e. The third-order valence-electron chi connectivity index (χ3n) is 4.45. The number of hydrogen-bond acceptors (Lipinski definition) is 3. The van der Waals surface area contributed by atoms with E-state index < -0.39 is 5.69 Å². The summed E-state index contributed by atoms with van der Waals surface area (Å²) in [6.07, 6.45) is 6.63. The van der Waals surface area contributed by atoms with Gasteiger partial charge in [-0.05, 0) is 37.5 Å². The summed E-state index contributed by atoms with van der Waals surface area (Å²) in [5.74, 6) is 0.861. The van der Waals surface area contributed by atoms with Crippen LogP contribution >= 0.6 is 11.6 Å². The molecule has 21 heavy (non-hydrogen) atoms. The lowest BCUT2D eigenvalue weighted by molar-refractivity contribution is 0.115. The van der Waals surface area contributed by atoms with Gasteiger partial charge >= 0.3 is 5.69 Å². The summed E-state index contributed by atoms with van der Waals surface area (Å²) in [6.45, 7) is 1.42. The third kappa shape index (κ3) is 3.40. The number of nitrogens with zero attached hydrogens (tertiary/aromatic N) is 1. The summed E-state index contributed by atoms with van der Waals surface area (Å²) in [4.78, 5) is 27.1. The fourth-order valence-electron chi connectivity index (χ4n) is 3.02. The lowest BCUT2D eigenvalue weighted by atomic mass is 10.0. The van der Waals surface area contributed by atoms with Crippen molar-refractivity contribution in [2.24, 2.45) is 5.92 Å². The van der Waals surface area contributed by atoms with Crippen molar-refractivity contribution in [1.29, 1.82) is 0 Å². The molecule has 1 N–H and O–H groups in total. The van der Waals surface area contributed by atoms with Gasteiger partial charge in [-0.1, -0.05) is 24.4 Å². The van der Waals surface area contributed by atoms with E-state index in [0.717, 1.165) is 32.3 Å². The van der Waals surface area contributed by atoms with Gasteiger partial charge in [0.25, 0.3) is 5.56 Å². The Labute approximate surface area is 128 Å². The second-order valence-corrected chi connectivity index (χ2v) is 6.49. The highest BCUT2D eigenvalue weighted by atomic mass is 35.5. The molecule has 0 aromatic carbocycles. The van der Waals surface area contributed by atoms with Crippen LogP contribution in [0.25, 0.3) is 0 Å². The molecule has 0 atom stereocenters. The maximum atomic E-state index is 12.5. The molecule has 0 radical (unpaired) electrons. The van der Waals surface area contributed by atoms with E-state index in [1.807, 2.05) is 0 Å². The average Bonchev–Trinajstić information content (AvgIpc) is 3.11. The van der Waals surface area contributed by atoms with Crippen LogP contribution < -0.4 is 11.2 Å². The standard InChI is InChI=1S/C15H21ClN2O3/c16-13-12(11-3-1-2-4-11)14(19)18(15(20)17-13)7-8-21-9-10-5-6-10/h10-11H,1-9H2,(H,17,20). The first kappa shape index (κ1) is 14.9. The van der Waals surface area contributed by atoms with Gasteiger partial charge in [0.2, 0.25) is 0 Å². The molecule has 2 aliphatic rings. The number of aromatic amines is 1. The zero-order valence-corrected chi connectivity index (χ0v) is 12.8. The average molecular weight is 313 g/mol. The molecule has 0 bridgehead atoms. The second-order valence-electron chi connectivity index (χ2n) is 6.11. The fraction of sp³-hybridized carbons (Fsp3) is 0.733. The second kappa shape index (κ2) is 6.36. The van der Waals surface area contributed by atoms with Crippen LogP contribution in [-0.4, -0.2) is 22.8 Å². The van der Waals surface area contributed by atoms with Crippen molar-refractivity contribution in [2.45, 2.75) is 51.0 Å². The zero-order chi connectivity index (χ0) is 14.8. The number of ether oxygens (including phenoxy) is 1. The molecule has 116 valence electrons. The first-order valence-electron chi connectivity index (χ1n) is 7.77. The molecular weight excluding hydrogens is 292 g/mol. The summed E-state index contributed by atoms with van der Waals surface area (Å²) in [5.41, 5.74) is -0.108. The molecule has 6 heteroatoms. The maximum Gasteiger partial charge on any atom is 0.329 e. The van der Waals surface area contributed by atoms with E-state index in [4.69, 9.17) is 16.3 Å². The molecule has 0 amide bonds. The summed E-state index contributed by atoms with van der Waals surface area (Å²) in [5, 5.41) is 0.215. The number of H-pyrrole nitrogens is 1. The first-order chi connectivity index (χ1) is 10.2. The summed E-state index contributed by atoms with van der Waals surface area (Å²) >= 11 is 6.10. The topological polar surface area (TPSA) is 64.1 Å². The van der Waals surface area contributed by atoms with Crippen LogP contribution in [0, 0.1) is 5.92 Å². The Balaban J connectivity index is 1.76. The van der Waals surface area contributed by atoms with E-state index in [2.05, 4.69) is 4.98 Å². The predicted molar refractivity (Wildman–Crippen MR) is 81.1 cm³/mol. The fourth-order valence-corrected chi connectivity index (χ4v) is 3.34. The van der Waals surface area contributed by atoms with Gasteiger partial charge in [-0.15, -0.1) is 0 Å². The Hall–Kier alpha value is -1.07. The SMILES string of the molecule is O=c1[nH]c(Cl)c(C2CCCC2)c(=O)n1CCOCC1CC1. The third-order valence-corrected chi connectivity index (χ3v) is 4.75. The van der Waals surface area contributed by atoms with Gasteiger partial charge in [-0.3, -0.25) is 14.3 Å². The number of aromatic nitrogens is 2. The Morgan fingerprint density at radius 3 is 2.57 bits per heavy atom. The molecule has 1 heterocycles. The van der Waals surface area contributed by atoms with Crippen LogP contribution in [-0.2, 0) is 11.3 Å². The van der Waals surface area contributed by atoms with Crippen LogP contribution in [0.15, 0.2) is 9.59 Å². The van der Waals surface area contributed by atoms with Crippen LogP contribution in [0.5, 0.6) is 0 Å². The van der Waals surface area contributed by atoms with E-state index >= 15 is 0 Å². The van der Waals surface area contributed by atoms with E-state index in [0.29, 0.717) is 18.1 Å². The normalized spacial score (nSPS) is 19.3. The quantitative estimate of drug-likeness (QED) is 0.647. The zero-order valence-electron chi connectivity index (χ0n) is 12.1. The van der Waals surface area contributed by atoms with Crippen molar-refractivity contribution < 1.29 is 4.74 Å². The predicted octanol–water partition coefficient (Wildman–Crippen LogP) is 2.27. The minimum absolute atomic E-state index is 0.181. The van der Waals surface area contributed by atoms with Gasteiger partial charge in [0, 0.05) is 6.61 Å². The highest BCUT2D eigenvalue weighted by Gasteiger charge is 2.25. The van der Waals surface area contributed by atoms with Crippen LogP contribution in [0.2, 0.25) is 5.15 Å². The van der Waals surface area contributed by atoms with Gasteiger partial charge in [0.1, 0.15) is 5.15 Å². The Bertz CT molecular complexity index is 612. The van der Waals surface area contributed by atoms with Gasteiger partial charge in [0.05, 0.1) is 18.7 Å². The molecule has 1 aromatic heterocycles. The summed E-state index contributed by atoms with van der Waals surface area (Å²) in [7, 11) is 0. The highest BCUT2D eigenvalue weighted by Crippen LogP contribution is 2.34. The van der Waals surface area contributed by atoms with Crippen LogP contribution in [0.3, 0.4) is 0 Å². The minimum atomic E-state index is -0.443. The molecule has 5 nitrogen and oxygen atoms in total. The van der Waals surface area contributed by atoms with Crippen molar-refractivity contribution in [3.05, 3.63) is 31.6 Å². The molecule has 1 aromatic rings. The highest BCUT2D eigenvalue weighted by molar-refractivity contribution is 6.30. The Morgan fingerprint density at radius 1 is 1.19 bits per heavy atom. The van der Waals surface area contributed by atoms with Crippen molar-refractivity contribution in [2.75, 3.05) is 13.2 Å². The Morgan fingerprint density at radius 2 is 1.90 bits per heavy atom. The molecule has 0 saturated heterocycles. The van der Waals surface area contributed by atoms with Gasteiger partial charge < -0.3 is 4.74 Å². The van der Waals surface area contributed by atoms with Crippen molar-refractivity contribution in [3.8, 4) is 0 Å². The summed E-state index contributed by atoms with van der Waals surface area (Å²) < 4.78 is 6.75. The van der Waals surface area contributed by atoms with E-state index in [1.165, 1.54) is 17.4 Å². The van der Waals surface area contributed by atoms with Crippen molar-refractivity contribution in [1.82, 2.24) is 9.55 Å². The lowest BCUT2D eigenvalue weighted by Crippen LogP contribution is -2.39. The number of rotatable bonds is 6. The number of nitrogens with one attached hydrogen (secondary N) is 1. The van der Waals surface area contributed by atoms with Crippen molar-refractivity contribution >= 4 is 11.6 Å². The van der Waals surface area contributed by atoms with Crippen LogP contribution in [0.1, 0.15) is 50.0 Å². The van der Waals surface area contributed by atoms with E-state index in [9.17, 15) is 9.59 Å². The van der Waals surface area contributed by atoms with Gasteiger partial charge in [0.15, 0.2) is 0 Å². The number of hydrogen-bond donors (Lipinski definition) is 1. The molecule has 2 fully saturated rings. The molecule has 2 aliphatic carbocycles. The minimum Gasteiger partial charge on any atom is -0.379 e. The lowest BCUT2D eigenvalue weighted by Gasteiger charge is -2.13. The maximum absolute atomic E-state index is 12.5. The molecule has 0 spiro atoms. The molecule has 2 saturated carbocycles. The number of halogens is 1. The molecule has 0 unspecified atom stereocenters.